The lowest BCUT2D eigenvalue weighted by molar-refractivity contribution is 0.0616. The van der Waals surface area contributed by atoms with Gasteiger partial charge in [-0.25, -0.2) is 9.07 Å². The molecule has 2 aromatic heterocycles. The Hall–Kier alpha value is -3.99. The zero-order valence-corrected chi connectivity index (χ0v) is 20.7. The monoisotopic (exact) mass is 496 g/mol. The second-order valence-electron chi connectivity index (χ2n) is 9.34. The van der Waals surface area contributed by atoms with Crippen LogP contribution in [-0.2, 0) is 0 Å². The van der Waals surface area contributed by atoms with E-state index in [1.165, 1.54) is 23.5 Å². The van der Waals surface area contributed by atoms with Crippen molar-refractivity contribution in [1.82, 2.24) is 9.78 Å². The first kappa shape index (κ1) is 23.7. The quantitative estimate of drug-likeness (QED) is 0.246. The van der Waals surface area contributed by atoms with Crippen molar-refractivity contribution >= 4 is 27.2 Å². The Labute approximate surface area is 213 Å². The summed E-state index contributed by atoms with van der Waals surface area (Å²) in [7, 11) is 0. The van der Waals surface area contributed by atoms with Crippen LogP contribution in [0.1, 0.15) is 36.5 Å². The van der Waals surface area contributed by atoms with E-state index in [4.69, 9.17) is 0 Å². The number of rotatable bonds is 7. The van der Waals surface area contributed by atoms with Gasteiger partial charge in [0.15, 0.2) is 0 Å². The van der Waals surface area contributed by atoms with Crippen molar-refractivity contribution in [2.75, 3.05) is 5.32 Å². The molecule has 0 spiro atoms. The first-order valence-electron chi connectivity index (χ1n) is 11.6. The predicted octanol–water partition coefficient (Wildman–Crippen LogP) is 6.69. The lowest BCUT2D eigenvalue weighted by atomic mass is 9.70. The molecule has 7 heteroatoms. The fourth-order valence-corrected chi connectivity index (χ4v) is 5.45. The molecule has 5 nitrogen and oxygen atoms in total. The average Bonchev–Trinajstić information content (AvgIpc) is 3.51. The number of aliphatic hydroxyl groups excluding tert-OH is 1. The van der Waals surface area contributed by atoms with Gasteiger partial charge in [-0.05, 0) is 59.0 Å². The van der Waals surface area contributed by atoms with Crippen molar-refractivity contribution in [2.24, 2.45) is 5.41 Å². The number of benzene rings is 3. The van der Waals surface area contributed by atoms with Gasteiger partial charge in [-0.3, -0.25) is 0 Å². The van der Waals surface area contributed by atoms with Gasteiger partial charge < -0.3 is 10.4 Å². The Kier molecular flexibility index (Phi) is 6.31. The van der Waals surface area contributed by atoms with E-state index in [1.54, 1.807) is 29.1 Å². The molecule has 0 radical (unpaired) electrons. The van der Waals surface area contributed by atoms with E-state index >= 15 is 0 Å². The topological polar surface area (TPSA) is 73.9 Å². The number of nitriles is 1. The molecule has 0 aliphatic heterocycles. The molecule has 0 aliphatic carbocycles. The summed E-state index contributed by atoms with van der Waals surface area (Å²) in [6.45, 7) is 4.04. The predicted molar refractivity (Wildman–Crippen MR) is 142 cm³/mol. The molecule has 5 rings (SSSR count). The van der Waals surface area contributed by atoms with Gasteiger partial charge in [0.2, 0.25) is 0 Å². The van der Waals surface area contributed by atoms with E-state index in [0.717, 1.165) is 27.7 Å². The van der Waals surface area contributed by atoms with Gasteiger partial charge in [0.25, 0.3) is 0 Å². The lowest BCUT2D eigenvalue weighted by Gasteiger charge is -2.39. The molecule has 3 aromatic carbocycles. The number of halogens is 1. The summed E-state index contributed by atoms with van der Waals surface area (Å²) in [5.74, 6) is -0.452. The van der Waals surface area contributed by atoms with Crippen LogP contribution in [0.4, 0.5) is 9.39 Å². The summed E-state index contributed by atoms with van der Waals surface area (Å²) in [4.78, 5) is 0. The third-order valence-corrected chi connectivity index (χ3v) is 7.48. The van der Waals surface area contributed by atoms with Crippen molar-refractivity contribution in [2.45, 2.75) is 26.0 Å². The number of aliphatic hydroxyl groups is 1. The standard InChI is InChI=1S/C29H25FN4OS/c1-29(2,28(35)33-27-21(17-31)14-15-36-27)26(19-6-4-3-5-7-19)20-8-13-25-22(16-20)18-32-34(25)24-11-9-23(30)10-12-24/h3-16,18,26,28,33,35H,1-2H3. The second-order valence-corrected chi connectivity index (χ2v) is 10.3. The van der Waals surface area contributed by atoms with E-state index in [2.05, 4.69) is 40.8 Å². The summed E-state index contributed by atoms with van der Waals surface area (Å²) < 4.78 is 15.2. The van der Waals surface area contributed by atoms with Gasteiger partial charge in [-0.15, -0.1) is 11.3 Å². The minimum Gasteiger partial charge on any atom is -0.373 e. The number of thiophene rings is 1. The Morgan fingerprint density at radius 3 is 2.50 bits per heavy atom. The van der Waals surface area contributed by atoms with E-state index in [1.807, 2.05) is 43.5 Å². The molecule has 0 saturated carbocycles. The number of fused-ring (bicyclic) bond motifs is 1. The molecular weight excluding hydrogens is 471 g/mol. The fourth-order valence-electron chi connectivity index (χ4n) is 4.69. The molecule has 2 atom stereocenters. The third kappa shape index (κ3) is 4.37. The molecule has 5 aromatic rings. The number of aromatic nitrogens is 2. The summed E-state index contributed by atoms with van der Waals surface area (Å²) in [5, 5.41) is 31.9. The average molecular weight is 497 g/mol. The normalized spacial score (nSPS) is 13.3. The minimum absolute atomic E-state index is 0.162. The Morgan fingerprint density at radius 2 is 1.78 bits per heavy atom. The molecule has 0 fully saturated rings. The zero-order valence-electron chi connectivity index (χ0n) is 19.9. The second kappa shape index (κ2) is 9.57. The van der Waals surface area contributed by atoms with Crippen LogP contribution < -0.4 is 5.32 Å². The molecule has 0 bridgehead atoms. The van der Waals surface area contributed by atoms with Gasteiger partial charge in [0, 0.05) is 16.7 Å². The number of hydrogen-bond acceptors (Lipinski definition) is 5. The van der Waals surface area contributed by atoms with Gasteiger partial charge in [0.05, 0.1) is 23.0 Å². The molecule has 180 valence electrons. The molecule has 0 aliphatic rings. The summed E-state index contributed by atoms with van der Waals surface area (Å²) in [5.41, 5.74) is 3.65. The van der Waals surface area contributed by atoms with E-state index in [0.29, 0.717) is 10.6 Å². The van der Waals surface area contributed by atoms with Crippen LogP contribution in [-0.4, -0.2) is 21.1 Å². The molecule has 2 N–H and O–H groups in total. The molecule has 0 amide bonds. The highest BCUT2D eigenvalue weighted by atomic mass is 32.1. The van der Waals surface area contributed by atoms with Crippen molar-refractivity contribution in [1.29, 1.82) is 5.26 Å². The molecule has 0 saturated heterocycles. The van der Waals surface area contributed by atoms with E-state index in [-0.39, 0.29) is 11.7 Å². The van der Waals surface area contributed by atoms with Gasteiger partial charge >= 0.3 is 0 Å². The van der Waals surface area contributed by atoms with Crippen LogP contribution in [0.25, 0.3) is 16.6 Å². The van der Waals surface area contributed by atoms with Gasteiger partial charge in [-0.2, -0.15) is 10.4 Å². The number of hydrogen-bond donors (Lipinski definition) is 2. The van der Waals surface area contributed by atoms with Crippen LogP contribution in [0.3, 0.4) is 0 Å². The van der Waals surface area contributed by atoms with Crippen molar-refractivity contribution in [3.05, 3.63) is 113 Å². The first-order valence-corrected chi connectivity index (χ1v) is 12.5. The smallest absolute Gasteiger partial charge is 0.131 e. The fraction of sp³-hybridized carbons (Fsp3) is 0.172. The maximum atomic E-state index is 13.4. The SMILES string of the molecule is CC(C)(C(O)Nc1sccc1C#N)C(c1ccccc1)c1ccc2c(cnn2-c2ccc(F)cc2)c1. The van der Waals surface area contributed by atoms with Crippen molar-refractivity contribution < 1.29 is 9.50 Å². The van der Waals surface area contributed by atoms with Crippen LogP contribution in [0.15, 0.2) is 90.4 Å². The van der Waals surface area contributed by atoms with Gasteiger partial charge in [0.1, 0.15) is 23.1 Å². The lowest BCUT2D eigenvalue weighted by Crippen LogP contribution is -2.41. The van der Waals surface area contributed by atoms with Crippen LogP contribution in [0.5, 0.6) is 0 Å². The highest BCUT2D eigenvalue weighted by Gasteiger charge is 2.39. The van der Waals surface area contributed by atoms with Crippen molar-refractivity contribution in [3.8, 4) is 11.8 Å². The summed E-state index contributed by atoms with van der Waals surface area (Å²) in [6.07, 6.45) is 0.877. The molecular formula is C29H25FN4OS. The van der Waals surface area contributed by atoms with Crippen LogP contribution >= 0.6 is 11.3 Å². The largest absolute Gasteiger partial charge is 0.373 e. The highest BCUT2D eigenvalue weighted by molar-refractivity contribution is 7.14. The summed E-state index contributed by atoms with van der Waals surface area (Å²) in [6, 6.07) is 26.4. The zero-order chi connectivity index (χ0) is 25.3. The molecule has 2 unspecified atom stereocenters. The molecule has 2 heterocycles. The number of anilines is 1. The van der Waals surface area contributed by atoms with E-state index in [9.17, 15) is 14.8 Å². The Balaban J connectivity index is 1.55. The molecule has 36 heavy (non-hydrogen) atoms. The Bertz CT molecular complexity index is 1530. The third-order valence-electron chi connectivity index (χ3n) is 6.63. The van der Waals surface area contributed by atoms with Crippen molar-refractivity contribution in [3.63, 3.8) is 0 Å². The number of nitrogens with one attached hydrogen (secondary N) is 1. The van der Waals surface area contributed by atoms with Crippen LogP contribution in [0, 0.1) is 22.6 Å². The Morgan fingerprint density at radius 1 is 1.03 bits per heavy atom. The minimum atomic E-state index is -0.925. The first-order chi connectivity index (χ1) is 17.4. The maximum absolute atomic E-state index is 13.4. The summed E-state index contributed by atoms with van der Waals surface area (Å²) >= 11 is 1.40. The number of nitrogens with zero attached hydrogens (tertiary/aromatic N) is 3. The van der Waals surface area contributed by atoms with Gasteiger partial charge in [-0.1, -0.05) is 50.2 Å². The van der Waals surface area contributed by atoms with E-state index < -0.39 is 11.6 Å². The maximum Gasteiger partial charge on any atom is 0.131 e. The van der Waals surface area contributed by atoms with Crippen LogP contribution in [0.2, 0.25) is 0 Å². The highest BCUT2D eigenvalue weighted by Crippen LogP contribution is 2.44.